The Morgan fingerprint density at radius 3 is 2.65 bits per heavy atom. The van der Waals surface area contributed by atoms with Gasteiger partial charge < -0.3 is 9.84 Å². The molecular formula is C16H22O4. The van der Waals surface area contributed by atoms with Gasteiger partial charge in [0.1, 0.15) is 0 Å². The molecule has 0 aliphatic heterocycles. The molecule has 0 amide bonds. The van der Waals surface area contributed by atoms with Crippen LogP contribution in [0.5, 0.6) is 0 Å². The molecule has 0 radical (unpaired) electrons. The molecule has 1 rings (SSSR count). The fourth-order valence-corrected chi connectivity index (χ4v) is 2.39. The highest BCUT2D eigenvalue weighted by atomic mass is 16.5. The third kappa shape index (κ3) is 6.36. The number of rotatable bonds is 6. The van der Waals surface area contributed by atoms with Crippen molar-refractivity contribution in [2.24, 2.45) is 11.8 Å². The smallest absolute Gasteiger partial charge is 0.331 e. The first-order valence-corrected chi connectivity index (χ1v) is 7.00. The summed E-state index contributed by atoms with van der Waals surface area (Å²) in [6, 6.07) is 0. The first kappa shape index (κ1) is 16.2. The van der Waals surface area contributed by atoms with E-state index >= 15 is 0 Å². The Bertz CT molecular complexity index is 407. The number of esters is 1. The number of aliphatic carboxylic acids is 1. The van der Waals surface area contributed by atoms with E-state index in [-0.39, 0.29) is 0 Å². The molecular weight excluding hydrogens is 256 g/mol. The van der Waals surface area contributed by atoms with Gasteiger partial charge in [-0.25, -0.2) is 9.59 Å². The van der Waals surface area contributed by atoms with Crippen LogP contribution < -0.4 is 0 Å². The van der Waals surface area contributed by atoms with Crippen molar-refractivity contribution >= 4 is 11.9 Å². The summed E-state index contributed by atoms with van der Waals surface area (Å²) in [5.41, 5.74) is 0. The Morgan fingerprint density at radius 1 is 1.20 bits per heavy atom. The molecule has 0 aromatic heterocycles. The summed E-state index contributed by atoms with van der Waals surface area (Å²) in [6.45, 7) is 2.33. The minimum Gasteiger partial charge on any atom is -0.478 e. The van der Waals surface area contributed by atoms with Gasteiger partial charge in [-0.05, 0) is 31.6 Å². The fraction of sp³-hybridized carbons (Fsp3) is 0.500. The summed E-state index contributed by atoms with van der Waals surface area (Å²) in [4.78, 5) is 21.7. The van der Waals surface area contributed by atoms with Crippen LogP contribution in [0.4, 0.5) is 0 Å². The van der Waals surface area contributed by atoms with Crippen molar-refractivity contribution in [2.75, 3.05) is 6.61 Å². The molecule has 0 aromatic carbocycles. The molecule has 110 valence electrons. The Hall–Kier alpha value is -1.84. The second-order valence-electron chi connectivity index (χ2n) is 4.92. The van der Waals surface area contributed by atoms with Gasteiger partial charge >= 0.3 is 11.9 Å². The van der Waals surface area contributed by atoms with Gasteiger partial charge in [-0.2, -0.15) is 0 Å². The van der Waals surface area contributed by atoms with Crippen LogP contribution in [-0.2, 0) is 14.3 Å². The number of carboxylic acid groups (broad SMARTS) is 1. The largest absolute Gasteiger partial charge is 0.478 e. The SMILES string of the molecule is C/C=C/C=C/[C@@H]1CCCC[C@H]1COC(=O)/C=C\C(=O)O. The van der Waals surface area contributed by atoms with Crippen molar-refractivity contribution in [3.63, 3.8) is 0 Å². The van der Waals surface area contributed by atoms with E-state index in [2.05, 4.69) is 6.08 Å². The molecule has 0 spiro atoms. The van der Waals surface area contributed by atoms with Gasteiger partial charge in [0.15, 0.2) is 0 Å². The van der Waals surface area contributed by atoms with E-state index in [9.17, 15) is 9.59 Å². The van der Waals surface area contributed by atoms with Gasteiger partial charge in [-0.3, -0.25) is 0 Å². The van der Waals surface area contributed by atoms with Crippen molar-refractivity contribution in [3.8, 4) is 0 Å². The number of carbonyl (C=O) groups is 2. The van der Waals surface area contributed by atoms with Crippen LogP contribution in [-0.4, -0.2) is 23.7 Å². The van der Waals surface area contributed by atoms with Crippen LogP contribution in [0, 0.1) is 11.8 Å². The van der Waals surface area contributed by atoms with Crippen LogP contribution in [0.3, 0.4) is 0 Å². The molecule has 0 unspecified atom stereocenters. The van der Waals surface area contributed by atoms with Crippen molar-refractivity contribution < 1.29 is 19.4 Å². The molecule has 1 fully saturated rings. The van der Waals surface area contributed by atoms with Gasteiger partial charge in [0.25, 0.3) is 0 Å². The van der Waals surface area contributed by atoms with Crippen LogP contribution >= 0.6 is 0 Å². The minimum atomic E-state index is -1.15. The van der Waals surface area contributed by atoms with Crippen LogP contribution in [0.1, 0.15) is 32.6 Å². The van der Waals surface area contributed by atoms with E-state index in [0.29, 0.717) is 18.4 Å². The maximum atomic E-state index is 11.4. The Labute approximate surface area is 119 Å². The summed E-state index contributed by atoms with van der Waals surface area (Å²) >= 11 is 0. The standard InChI is InChI=1S/C16H22O4/c1-2-3-4-7-13-8-5-6-9-14(13)12-20-16(19)11-10-15(17)18/h2-4,7,10-11,13-14H,5-6,8-9,12H2,1H3,(H,17,18)/b3-2+,7-4+,11-10-/t13-,14+/m1/s1. The topological polar surface area (TPSA) is 63.6 Å². The number of hydrogen-bond donors (Lipinski definition) is 1. The predicted octanol–water partition coefficient (Wildman–Crippen LogP) is 3.11. The van der Waals surface area contributed by atoms with Crippen LogP contribution in [0.2, 0.25) is 0 Å². The Balaban J connectivity index is 2.46. The van der Waals surface area contributed by atoms with E-state index < -0.39 is 11.9 Å². The molecule has 2 atom stereocenters. The van der Waals surface area contributed by atoms with Crippen molar-refractivity contribution in [3.05, 3.63) is 36.5 Å². The lowest BCUT2D eigenvalue weighted by atomic mass is 9.79. The van der Waals surface area contributed by atoms with Crippen molar-refractivity contribution in [2.45, 2.75) is 32.6 Å². The second-order valence-corrected chi connectivity index (χ2v) is 4.92. The highest BCUT2D eigenvalue weighted by Crippen LogP contribution is 2.31. The number of ether oxygens (including phenoxy) is 1. The normalized spacial score (nSPS) is 23.6. The molecule has 4 heteroatoms. The lowest BCUT2D eigenvalue weighted by Gasteiger charge is -2.28. The summed E-state index contributed by atoms with van der Waals surface area (Å²) in [5.74, 6) is -0.982. The zero-order valence-electron chi connectivity index (χ0n) is 11.8. The zero-order valence-corrected chi connectivity index (χ0v) is 11.8. The monoisotopic (exact) mass is 278 g/mol. The van der Waals surface area contributed by atoms with Gasteiger partial charge in [-0.1, -0.05) is 37.1 Å². The zero-order chi connectivity index (χ0) is 14.8. The van der Waals surface area contributed by atoms with Gasteiger partial charge in [-0.15, -0.1) is 0 Å². The van der Waals surface area contributed by atoms with E-state index in [0.717, 1.165) is 31.4 Å². The van der Waals surface area contributed by atoms with E-state index in [4.69, 9.17) is 9.84 Å². The van der Waals surface area contributed by atoms with E-state index in [1.165, 1.54) is 6.42 Å². The number of allylic oxidation sites excluding steroid dienone is 4. The number of carboxylic acids is 1. The van der Waals surface area contributed by atoms with Crippen LogP contribution in [0.25, 0.3) is 0 Å². The van der Waals surface area contributed by atoms with Gasteiger partial charge in [0.05, 0.1) is 6.61 Å². The average molecular weight is 278 g/mol. The lowest BCUT2D eigenvalue weighted by molar-refractivity contribution is -0.140. The molecule has 0 bridgehead atoms. The summed E-state index contributed by atoms with van der Waals surface area (Å²) in [6.07, 6.45) is 14.4. The van der Waals surface area contributed by atoms with Crippen molar-refractivity contribution in [1.29, 1.82) is 0 Å². The molecule has 1 saturated carbocycles. The first-order valence-electron chi connectivity index (χ1n) is 7.00. The second kappa shape index (κ2) is 9.13. The highest BCUT2D eigenvalue weighted by Gasteiger charge is 2.23. The molecule has 4 nitrogen and oxygen atoms in total. The maximum absolute atomic E-state index is 11.4. The molecule has 0 saturated heterocycles. The van der Waals surface area contributed by atoms with Gasteiger partial charge in [0.2, 0.25) is 0 Å². The summed E-state index contributed by atoms with van der Waals surface area (Å²) in [5, 5.41) is 8.43. The molecule has 0 heterocycles. The molecule has 0 aromatic rings. The van der Waals surface area contributed by atoms with Crippen molar-refractivity contribution in [1.82, 2.24) is 0 Å². The summed E-state index contributed by atoms with van der Waals surface area (Å²) < 4.78 is 5.13. The van der Waals surface area contributed by atoms with E-state index in [1.807, 2.05) is 25.2 Å². The molecule has 20 heavy (non-hydrogen) atoms. The Kier molecular flexibility index (Phi) is 7.40. The maximum Gasteiger partial charge on any atom is 0.331 e. The van der Waals surface area contributed by atoms with E-state index in [1.54, 1.807) is 0 Å². The third-order valence-electron chi connectivity index (χ3n) is 3.43. The van der Waals surface area contributed by atoms with Gasteiger partial charge in [0, 0.05) is 12.2 Å². The predicted molar refractivity (Wildman–Crippen MR) is 77.1 cm³/mol. The Morgan fingerprint density at radius 2 is 1.95 bits per heavy atom. The summed E-state index contributed by atoms with van der Waals surface area (Å²) in [7, 11) is 0. The quantitative estimate of drug-likeness (QED) is 0.460. The molecule has 1 N–H and O–H groups in total. The molecule has 1 aliphatic carbocycles. The fourth-order valence-electron chi connectivity index (χ4n) is 2.39. The number of hydrogen-bond acceptors (Lipinski definition) is 3. The third-order valence-corrected chi connectivity index (χ3v) is 3.43. The highest BCUT2D eigenvalue weighted by molar-refractivity contribution is 5.90. The minimum absolute atomic E-state index is 0.326. The lowest BCUT2D eigenvalue weighted by Crippen LogP contribution is -2.23. The number of carbonyl (C=O) groups excluding carboxylic acids is 1. The average Bonchev–Trinajstić information content (AvgIpc) is 2.44. The first-order chi connectivity index (χ1) is 9.63. The van der Waals surface area contributed by atoms with Crippen LogP contribution in [0.15, 0.2) is 36.5 Å². The molecule has 1 aliphatic rings.